The summed E-state index contributed by atoms with van der Waals surface area (Å²) >= 11 is 12.2. The highest BCUT2D eigenvalue weighted by Gasteiger charge is 2.25. The van der Waals surface area contributed by atoms with Crippen LogP contribution in [0.4, 0.5) is 0 Å². The summed E-state index contributed by atoms with van der Waals surface area (Å²) in [5.41, 5.74) is 1.81. The number of carbonyl (C=O) groups is 1. The minimum Gasteiger partial charge on any atom is -0.352 e. The molecule has 0 aromatic heterocycles. The van der Waals surface area contributed by atoms with Gasteiger partial charge in [0.15, 0.2) is 0 Å². The molecule has 27 heavy (non-hydrogen) atoms. The second-order valence-electron chi connectivity index (χ2n) is 6.53. The van der Waals surface area contributed by atoms with E-state index < -0.39 is 0 Å². The molecule has 0 spiro atoms. The zero-order chi connectivity index (χ0) is 18.8. The van der Waals surface area contributed by atoms with Gasteiger partial charge >= 0.3 is 0 Å². The lowest BCUT2D eigenvalue weighted by Gasteiger charge is -2.37. The highest BCUT2D eigenvalue weighted by atomic mass is 35.5. The number of rotatable bonds is 2. The van der Waals surface area contributed by atoms with Crippen molar-refractivity contribution < 1.29 is 4.79 Å². The zero-order valence-electron chi connectivity index (χ0n) is 14.7. The lowest BCUT2D eigenvalue weighted by molar-refractivity contribution is -0.131. The first kappa shape index (κ1) is 18.1. The number of carbonyl (C=O) groups excluding carboxylic acids is 1. The van der Waals surface area contributed by atoms with Gasteiger partial charge in [-0.3, -0.25) is 9.79 Å². The van der Waals surface area contributed by atoms with Crippen LogP contribution < -0.4 is 0 Å². The summed E-state index contributed by atoms with van der Waals surface area (Å²) in [7, 11) is 0. The third kappa shape index (κ3) is 4.01. The van der Waals surface area contributed by atoms with Crippen LogP contribution in [0.5, 0.6) is 0 Å². The number of hydrazone groups is 1. The number of allylic oxidation sites excluding steroid dienone is 1. The second kappa shape index (κ2) is 7.74. The Morgan fingerprint density at radius 3 is 2.74 bits per heavy atom. The van der Waals surface area contributed by atoms with Gasteiger partial charge in [0, 0.05) is 36.2 Å². The van der Waals surface area contributed by atoms with Crippen molar-refractivity contribution >= 4 is 41.3 Å². The van der Waals surface area contributed by atoms with E-state index in [4.69, 9.17) is 23.2 Å². The van der Waals surface area contributed by atoms with Gasteiger partial charge in [-0.15, -0.1) is 5.10 Å². The number of hydrogen-bond acceptors (Lipinski definition) is 5. The molecule has 140 valence electrons. The number of fused-ring (bicyclic) bond motifs is 1. The maximum Gasteiger partial charge on any atom is 0.227 e. The number of amidine groups is 1. The number of amides is 1. The molecule has 0 radical (unpaired) electrons. The Balaban J connectivity index is 1.36. The highest BCUT2D eigenvalue weighted by molar-refractivity contribution is 6.33. The fourth-order valence-corrected chi connectivity index (χ4v) is 3.65. The average Bonchev–Trinajstić information content (AvgIpc) is 2.70. The molecule has 0 bridgehead atoms. The molecule has 0 aliphatic carbocycles. The molecule has 0 saturated carbocycles. The number of piperazine rings is 1. The first-order valence-electron chi connectivity index (χ1n) is 8.83. The normalized spacial score (nSPS) is 19.0. The van der Waals surface area contributed by atoms with Crippen molar-refractivity contribution in [3.05, 3.63) is 57.7 Å². The Morgan fingerprint density at radius 1 is 1.11 bits per heavy atom. The lowest BCUT2D eigenvalue weighted by atomic mass is 10.1. The molecule has 6 nitrogen and oxygen atoms in total. The molecule has 0 N–H and O–H groups in total. The minimum atomic E-state index is 0.0633. The molecule has 0 unspecified atom stereocenters. The van der Waals surface area contributed by atoms with Gasteiger partial charge in [0.25, 0.3) is 0 Å². The van der Waals surface area contributed by atoms with Crippen molar-refractivity contribution in [2.45, 2.75) is 6.42 Å². The number of halogens is 2. The van der Waals surface area contributed by atoms with Crippen LogP contribution in [0.3, 0.4) is 0 Å². The Kier molecular flexibility index (Phi) is 5.18. The molecule has 3 aliphatic rings. The summed E-state index contributed by atoms with van der Waals surface area (Å²) in [5, 5.41) is 7.57. The summed E-state index contributed by atoms with van der Waals surface area (Å²) in [6, 6.07) is 5.21. The van der Waals surface area contributed by atoms with Crippen LogP contribution >= 0.6 is 23.2 Å². The van der Waals surface area contributed by atoms with Crippen LogP contribution in [0.2, 0.25) is 10.0 Å². The van der Waals surface area contributed by atoms with Crippen molar-refractivity contribution in [3.63, 3.8) is 0 Å². The van der Waals surface area contributed by atoms with E-state index >= 15 is 0 Å². The number of hydrogen-bond donors (Lipinski definition) is 0. The van der Waals surface area contributed by atoms with Crippen molar-refractivity contribution in [1.29, 1.82) is 0 Å². The van der Waals surface area contributed by atoms with Crippen LogP contribution in [0, 0.1) is 0 Å². The SMILES string of the molecule is O=C(Cc1cc(Cl)ccc1Cl)N1CCN(C2=NN3C=NCC=C3C=C2)CC1. The predicted octanol–water partition coefficient (Wildman–Crippen LogP) is 2.79. The lowest BCUT2D eigenvalue weighted by Crippen LogP contribution is -2.51. The molecule has 3 heterocycles. The molecular weight excluding hydrogens is 385 g/mol. The molecule has 1 saturated heterocycles. The summed E-state index contributed by atoms with van der Waals surface area (Å²) in [4.78, 5) is 20.9. The number of aliphatic imine (C=N–C) groups is 1. The Labute approximate surface area is 168 Å². The second-order valence-corrected chi connectivity index (χ2v) is 7.37. The van der Waals surface area contributed by atoms with Crippen molar-refractivity contribution in [2.24, 2.45) is 10.1 Å². The van der Waals surface area contributed by atoms with Gasteiger partial charge in [-0.1, -0.05) is 23.2 Å². The van der Waals surface area contributed by atoms with Gasteiger partial charge in [0.05, 0.1) is 18.7 Å². The van der Waals surface area contributed by atoms with Crippen LogP contribution in [-0.2, 0) is 11.2 Å². The largest absolute Gasteiger partial charge is 0.352 e. The first-order chi connectivity index (χ1) is 13.1. The van der Waals surface area contributed by atoms with E-state index in [-0.39, 0.29) is 12.3 Å². The van der Waals surface area contributed by atoms with Crippen molar-refractivity contribution in [1.82, 2.24) is 14.8 Å². The third-order valence-corrected chi connectivity index (χ3v) is 5.38. The van der Waals surface area contributed by atoms with Gasteiger partial charge in [0.1, 0.15) is 12.2 Å². The molecule has 1 aromatic rings. The first-order valence-corrected chi connectivity index (χ1v) is 9.58. The molecule has 1 amide bonds. The van der Waals surface area contributed by atoms with Crippen LogP contribution in [0.1, 0.15) is 5.56 Å². The zero-order valence-corrected chi connectivity index (χ0v) is 16.2. The Morgan fingerprint density at radius 2 is 1.93 bits per heavy atom. The van der Waals surface area contributed by atoms with Gasteiger partial charge in [-0.25, -0.2) is 5.01 Å². The van der Waals surface area contributed by atoms with E-state index in [1.54, 1.807) is 29.5 Å². The van der Waals surface area contributed by atoms with Crippen molar-refractivity contribution in [3.8, 4) is 0 Å². The van der Waals surface area contributed by atoms with E-state index in [1.165, 1.54) is 0 Å². The molecule has 1 fully saturated rings. The Bertz CT molecular complexity index is 869. The molecule has 3 aliphatic heterocycles. The summed E-state index contributed by atoms with van der Waals surface area (Å²) in [6.07, 6.45) is 8.11. The Hall–Kier alpha value is -2.31. The maximum atomic E-state index is 12.6. The molecule has 0 atom stereocenters. The van der Waals surface area contributed by atoms with E-state index in [0.29, 0.717) is 29.7 Å². The summed E-state index contributed by atoms with van der Waals surface area (Å²) in [5.74, 6) is 0.957. The summed E-state index contributed by atoms with van der Waals surface area (Å²) < 4.78 is 0. The van der Waals surface area contributed by atoms with Gasteiger partial charge < -0.3 is 9.80 Å². The molecular formula is C19H19Cl2N5O. The highest BCUT2D eigenvalue weighted by Crippen LogP contribution is 2.22. The maximum absolute atomic E-state index is 12.6. The minimum absolute atomic E-state index is 0.0633. The topological polar surface area (TPSA) is 51.5 Å². The number of benzene rings is 1. The smallest absolute Gasteiger partial charge is 0.227 e. The third-order valence-electron chi connectivity index (χ3n) is 4.78. The summed E-state index contributed by atoms with van der Waals surface area (Å²) in [6.45, 7) is 3.48. The van der Waals surface area contributed by atoms with E-state index in [0.717, 1.165) is 30.2 Å². The van der Waals surface area contributed by atoms with Gasteiger partial charge in [-0.2, -0.15) is 0 Å². The van der Waals surface area contributed by atoms with E-state index in [2.05, 4.69) is 15.0 Å². The van der Waals surface area contributed by atoms with Crippen molar-refractivity contribution in [2.75, 3.05) is 32.7 Å². The van der Waals surface area contributed by atoms with Gasteiger partial charge in [0.2, 0.25) is 5.91 Å². The standard InChI is InChI=1S/C19H19Cl2N5O/c20-15-1-3-17(21)14(11-15)12-19(27)25-9-7-24(8-10-25)18-4-2-16-5-6-22-13-26(16)23-18/h1-5,11,13H,6-10,12H2. The predicted molar refractivity (Wildman–Crippen MR) is 108 cm³/mol. The van der Waals surface area contributed by atoms with E-state index in [9.17, 15) is 4.79 Å². The van der Waals surface area contributed by atoms with Crippen LogP contribution in [0.15, 0.2) is 52.2 Å². The van der Waals surface area contributed by atoms with Gasteiger partial charge in [-0.05, 0) is 42.0 Å². The number of nitrogens with zero attached hydrogens (tertiary/aromatic N) is 5. The fourth-order valence-electron chi connectivity index (χ4n) is 3.27. The molecule has 8 heteroatoms. The van der Waals surface area contributed by atoms with E-state index in [1.807, 2.05) is 23.1 Å². The average molecular weight is 404 g/mol. The molecule has 4 rings (SSSR count). The van der Waals surface area contributed by atoms with Crippen LogP contribution in [-0.4, -0.2) is 65.6 Å². The molecule has 1 aromatic carbocycles. The monoisotopic (exact) mass is 403 g/mol. The fraction of sp³-hybridized carbons (Fsp3) is 0.316. The quantitative estimate of drug-likeness (QED) is 0.762. The van der Waals surface area contributed by atoms with Crippen LogP contribution in [0.25, 0.3) is 0 Å².